The predicted molar refractivity (Wildman–Crippen MR) is 70.4 cm³/mol. The van der Waals surface area contributed by atoms with Gasteiger partial charge in [0.15, 0.2) is 9.84 Å². The monoisotopic (exact) mass is 301 g/mol. The van der Waals surface area contributed by atoms with Gasteiger partial charge in [-0.25, -0.2) is 12.8 Å². The summed E-state index contributed by atoms with van der Waals surface area (Å²) in [4.78, 5) is 11.7. The molecule has 1 atom stereocenters. The molecular formula is C13H16FNO4S. The SMILES string of the molecule is O=C(NCCS(=O)(=O)c1ccc(F)cc1)[C@H]1CCOC1. The van der Waals surface area contributed by atoms with Crippen LogP contribution in [0.15, 0.2) is 29.2 Å². The van der Waals surface area contributed by atoms with Crippen LogP contribution in [0, 0.1) is 11.7 Å². The molecule has 0 radical (unpaired) electrons. The number of nitrogens with one attached hydrogen (secondary N) is 1. The zero-order chi connectivity index (χ0) is 14.6. The topological polar surface area (TPSA) is 72.5 Å². The third kappa shape index (κ3) is 3.77. The molecule has 0 bridgehead atoms. The fourth-order valence-corrected chi connectivity index (χ4v) is 3.11. The minimum Gasteiger partial charge on any atom is -0.381 e. The van der Waals surface area contributed by atoms with Crippen molar-refractivity contribution in [2.75, 3.05) is 25.5 Å². The number of carbonyl (C=O) groups is 1. The Hall–Kier alpha value is -1.47. The Morgan fingerprint density at radius 1 is 1.35 bits per heavy atom. The highest BCUT2D eigenvalue weighted by atomic mass is 32.2. The van der Waals surface area contributed by atoms with Crippen LogP contribution in [0.2, 0.25) is 0 Å². The van der Waals surface area contributed by atoms with Crippen LogP contribution in [-0.2, 0) is 19.4 Å². The molecule has 1 N–H and O–H groups in total. The molecule has 0 unspecified atom stereocenters. The Balaban J connectivity index is 1.86. The smallest absolute Gasteiger partial charge is 0.225 e. The van der Waals surface area contributed by atoms with Gasteiger partial charge in [0.1, 0.15) is 5.82 Å². The second kappa shape index (κ2) is 6.32. The molecular weight excluding hydrogens is 285 g/mol. The number of hydrogen-bond acceptors (Lipinski definition) is 4. The average Bonchev–Trinajstić information content (AvgIpc) is 2.93. The molecule has 1 heterocycles. The highest BCUT2D eigenvalue weighted by Gasteiger charge is 2.23. The van der Waals surface area contributed by atoms with Gasteiger partial charge in [0.05, 0.1) is 23.2 Å². The van der Waals surface area contributed by atoms with Gasteiger partial charge < -0.3 is 10.1 Å². The lowest BCUT2D eigenvalue weighted by Gasteiger charge is -2.09. The Kier molecular flexibility index (Phi) is 4.72. The fourth-order valence-electron chi connectivity index (χ4n) is 1.95. The average molecular weight is 301 g/mol. The number of amides is 1. The molecule has 1 aliphatic rings. The van der Waals surface area contributed by atoms with E-state index in [0.29, 0.717) is 19.6 Å². The summed E-state index contributed by atoms with van der Waals surface area (Å²) in [6.45, 7) is 0.984. The van der Waals surface area contributed by atoms with Crippen LogP contribution in [0.4, 0.5) is 4.39 Å². The van der Waals surface area contributed by atoms with Crippen LogP contribution in [0.3, 0.4) is 0 Å². The quantitative estimate of drug-likeness (QED) is 0.815. The van der Waals surface area contributed by atoms with E-state index in [1.165, 1.54) is 12.1 Å². The molecule has 1 amide bonds. The lowest BCUT2D eigenvalue weighted by atomic mass is 10.1. The standard InChI is InChI=1S/C13H16FNO4S/c14-11-1-3-12(4-2-11)20(17,18)8-6-15-13(16)10-5-7-19-9-10/h1-4,10H,5-9H2,(H,15,16)/t10-/m0/s1. The minimum absolute atomic E-state index is 0.0367. The van der Waals surface area contributed by atoms with Crippen molar-refractivity contribution in [3.63, 3.8) is 0 Å². The maximum atomic E-state index is 12.7. The lowest BCUT2D eigenvalue weighted by molar-refractivity contribution is -0.124. The van der Waals surface area contributed by atoms with Crippen LogP contribution >= 0.6 is 0 Å². The van der Waals surface area contributed by atoms with E-state index in [1.54, 1.807) is 0 Å². The van der Waals surface area contributed by atoms with Crippen molar-refractivity contribution in [1.82, 2.24) is 5.32 Å². The maximum Gasteiger partial charge on any atom is 0.225 e. The highest BCUT2D eigenvalue weighted by Crippen LogP contribution is 2.13. The molecule has 1 aromatic carbocycles. The van der Waals surface area contributed by atoms with Crippen molar-refractivity contribution in [3.05, 3.63) is 30.1 Å². The van der Waals surface area contributed by atoms with Crippen LogP contribution in [0.25, 0.3) is 0 Å². The van der Waals surface area contributed by atoms with Crippen molar-refractivity contribution < 1.29 is 22.3 Å². The van der Waals surface area contributed by atoms with E-state index in [1.807, 2.05) is 0 Å². The van der Waals surface area contributed by atoms with E-state index >= 15 is 0 Å². The third-order valence-corrected chi connectivity index (χ3v) is 4.88. The molecule has 20 heavy (non-hydrogen) atoms. The molecule has 1 aromatic rings. The van der Waals surface area contributed by atoms with Crippen molar-refractivity contribution in [3.8, 4) is 0 Å². The molecule has 5 nitrogen and oxygen atoms in total. The van der Waals surface area contributed by atoms with Crippen LogP contribution in [0.5, 0.6) is 0 Å². The molecule has 7 heteroatoms. The Bertz CT molecular complexity index is 565. The molecule has 0 spiro atoms. The van der Waals surface area contributed by atoms with Gasteiger partial charge in [-0.05, 0) is 30.7 Å². The van der Waals surface area contributed by atoms with Gasteiger partial charge in [0.2, 0.25) is 5.91 Å². The first-order chi connectivity index (χ1) is 9.49. The third-order valence-electron chi connectivity index (χ3n) is 3.14. The molecule has 0 aromatic heterocycles. The normalized spacial score (nSPS) is 18.9. The van der Waals surface area contributed by atoms with Crippen LogP contribution < -0.4 is 5.32 Å². The number of hydrogen-bond donors (Lipinski definition) is 1. The summed E-state index contributed by atoms with van der Waals surface area (Å²) in [5.74, 6) is -1.07. The van der Waals surface area contributed by atoms with Gasteiger partial charge in [-0.15, -0.1) is 0 Å². The van der Waals surface area contributed by atoms with Gasteiger partial charge in [-0.1, -0.05) is 0 Å². The fraction of sp³-hybridized carbons (Fsp3) is 0.462. The van der Waals surface area contributed by atoms with Crippen molar-refractivity contribution in [1.29, 1.82) is 0 Å². The van der Waals surface area contributed by atoms with Crippen LogP contribution in [0.1, 0.15) is 6.42 Å². The van der Waals surface area contributed by atoms with E-state index in [4.69, 9.17) is 4.74 Å². The highest BCUT2D eigenvalue weighted by molar-refractivity contribution is 7.91. The second-order valence-corrected chi connectivity index (χ2v) is 6.73. The first kappa shape index (κ1) is 14.9. The molecule has 0 aliphatic carbocycles. The molecule has 110 valence electrons. The first-order valence-corrected chi connectivity index (χ1v) is 7.98. The molecule has 1 fully saturated rings. The number of halogens is 1. The largest absolute Gasteiger partial charge is 0.381 e. The predicted octanol–water partition coefficient (Wildman–Crippen LogP) is 0.752. The molecule has 0 saturated carbocycles. The van der Waals surface area contributed by atoms with E-state index in [9.17, 15) is 17.6 Å². The van der Waals surface area contributed by atoms with Gasteiger partial charge >= 0.3 is 0 Å². The Morgan fingerprint density at radius 3 is 2.65 bits per heavy atom. The zero-order valence-corrected chi connectivity index (χ0v) is 11.7. The van der Waals surface area contributed by atoms with Gasteiger partial charge in [-0.2, -0.15) is 0 Å². The first-order valence-electron chi connectivity index (χ1n) is 6.33. The Morgan fingerprint density at radius 2 is 2.05 bits per heavy atom. The summed E-state index contributed by atoms with van der Waals surface area (Å²) >= 11 is 0. The number of rotatable bonds is 5. The number of sulfone groups is 1. The number of ether oxygens (including phenoxy) is 1. The summed E-state index contributed by atoms with van der Waals surface area (Å²) in [6.07, 6.45) is 0.663. The van der Waals surface area contributed by atoms with Crippen LogP contribution in [-0.4, -0.2) is 39.8 Å². The molecule has 1 aliphatic heterocycles. The summed E-state index contributed by atoms with van der Waals surface area (Å²) in [6, 6.07) is 4.64. The van der Waals surface area contributed by atoms with Gasteiger partial charge in [-0.3, -0.25) is 4.79 Å². The van der Waals surface area contributed by atoms with E-state index < -0.39 is 15.7 Å². The summed E-state index contributed by atoms with van der Waals surface area (Å²) in [7, 11) is -3.51. The summed E-state index contributed by atoms with van der Waals surface area (Å²) in [5.41, 5.74) is 0. The van der Waals surface area contributed by atoms with Crippen molar-refractivity contribution in [2.24, 2.45) is 5.92 Å². The second-order valence-electron chi connectivity index (χ2n) is 4.62. The number of benzene rings is 1. The minimum atomic E-state index is -3.51. The lowest BCUT2D eigenvalue weighted by Crippen LogP contribution is -2.34. The van der Waals surface area contributed by atoms with Crippen molar-refractivity contribution in [2.45, 2.75) is 11.3 Å². The zero-order valence-electron chi connectivity index (χ0n) is 10.8. The van der Waals surface area contributed by atoms with E-state index in [0.717, 1.165) is 12.1 Å². The van der Waals surface area contributed by atoms with Crippen molar-refractivity contribution >= 4 is 15.7 Å². The van der Waals surface area contributed by atoms with E-state index in [2.05, 4.69) is 5.32 Å². The van der Waals surface area contributed by atoms with Gasteiger partial charge in [0, 0.05) is 13.2 Å². The summed E-state index contributed by atoms with van der Waals surface area (Å²) < 4.78 is 41.7. The summed E-state index contributed by atoms with van der Waals surface area (Å²) in [5, 5.41) is 2.59. The molecule has 2 rings (SSSR count). The molecule has 1 saturated heterocycles. The maximum absolute atomic E-state index is 12.7. The Labute approximate surface area is 117 Å². The van der Waals surface area contributed by atoms with Gasteiger partial charge in [0.25, 0.3) is 0 Å². The number of carbonyl (C=O) groups excluding carboxylic acids is 1. The van der Waals surface area contributed by atoms with E-state index in [-0.39, 0.29) is 29.0 Å².